The van der Waals surface area contributed by atoms with Gasteiger partial charge in [0.2, 0.25) is 0 Å². The second kappa shape index (κ2) is 4.81. The molecule has 1 N–H and O–H groups in total. The highest BCUT2D eigenvalue weighted by atomic mass is 32.2. The largest absolute Gasteiger partial charge is 0.306 e. The minimum Gasteiger partial charge on any atom is -0.306 e. The Morgan fingerprint density at radius 2 is 2.09 bits per heavy atom. The molecule has 0 aromatic heterocycles. The number of hydrogen-bond acceptors (Lipinski definition) is 4. The summed E-state index contributed by atoms with van der Waals surface area (Å²) in [6.45, 7) is -0.0366. The molecule has 0 saturated heterocycles. The van der Waals surface area contributed by atoms with Gasteiger partial charge < -0.3 is 4.55 Å². The molecule has 68 valence electrons. The Hall–Kier alpha value is 0.0200. The van der Waals surface area contributed by atoms with Crippen molar-refractivity contribution in [3.63, 3.8) is 0 Å². The molecular weight excluding hydrogens is 192 g/mol. The summed E-state index contributed by atoms with van der Waals surface area (Å²) in [5.74, 6) is 0.0372. The summed E-state index contributed by atoms with van der Waals surface area (Å²) in [4.78, 5) is 0. The first-order valence-electron chi connectivity index (χ1n) is 2.83. The maximum absolute atomic E-state index is 10.3. The maximum atomic E-state index is 10.3. The lowest BCUT2D eigenvalue weighted by molar-refractivity contribution is 0.321. The van der Waals surface area contributed by atoms with Crippen molar-refractivity contribution >= 4 is 21.2 Å². The summed E-state index contributed by atoms with van der Waals surface area (Å²) < 4.78 is 43.2. The van der Waals surface area contributed by atoms with Crippen molar-refractivity contribution in [2.75, 3.05) is 18.6 Å². The van der Waals surface area contributed by atoms with Crippen molar-refractivity contribution in [3.05, 3.63) is 0 Å². The SMILES string of the molecule is CS(=O)(=O)OCCCS(=O)O. The van der Waals surface area contributed by atoms with Crippen molar-refractivity contribution in [3.8, 4) is 0 Å². The van der Waals surface area contributed by atoms with Crippen molar-refractivity contribution in [1.82, 2.24) is 0 Å². The molecule has 0 aliphatic carbocycles. The van der Waals surface area contributed by atoms with Crippen LogP contribution < -0.4 is 0 Å². The molecule has 0 radical (unpaired) electrons. The van der Waals surface area contributed by atoms with Crippen LogP contribution in [-0.4, -0.2) is 35.8 Å². The molecule has 0 heterocycles. The van der Waals surface area contributed by atoms with E-state index in [1.165, 1.54) is 0 Å². The van der Waals surface area contributed by atoms with Crippen molar-refractivity contribution < 1.29 is 21.4 Å². The third kappa shape index (κ3) is 10.0. The first kappa shape index (κ1) is 11.0. The first-order valence-corrected chi connectivity index (χ1v) is 5.93. The lowest BCUT2D eigenvalue weighted by Crippen LogP contribution is -2.06. The Morgan fingerprint density at radius 3 is 2.45 bits per heavy atom. The highest BCUT2D eigenvalue weighted by molar-refractivity contribution is 7.86. The summed E-state index contributed by atoms with van der Waals surface area (Å²) in [6.07, 6.45) is 1.19. The van der Waals surface area contributed by atoms with Crippen LogP contribution in [0, 0.1) is 0 Å². The van der Waals surface area contributed by atoms with Gasteiger partial charge in [-0.25, -0.2) is 4.21 Å². The Balaban J connectivity index is 3.37. The zero-order valence-corrected chi connectivity index (χ0v) is 7.65. The molecule has 5 nitrogen and oxygen atoms in total. The van der Waals surface area contributed by atoms with E-state index in [1.807, 2.05) is 0 Å². The zero-order chi connectivity index (χ0) is 8.91. The molecule has 0 fully saturated rings. The lowest BCUT2D eigenvalue weighted by atomic mass is 10.5. The van der Waals surface area contributed by atoms with Gasteiger partial charge in [0.05, 0.1) is 18.6 Å². The molecule has 0 aliphatic rings. The highest BCUT2D eigenvalue weighted by Crippen LogP contribution is 1.90. The molecule has 0 spiro atoms. The molecule has 1 unspecified atom stereocenters. The van der Waals surface area contributed by atoms with E-state index in [0.717, 1.165) is 6.26 Å². The standard InChI is InChI=1S/C4H10O5S2/c1-11(7,8)9-3-2-4-10(5)6/h2-4H2,1H3,(H,5,6). The van der Waals surface area contributed by atoms with E-state index in [4.69, 9.17) is 4.55 Å². The Kier molecular flexibility index (Phi) is 4.82. The molecule has 0 aromatic rings. The molecule has 1 atom stereocenters. The molecule has 7 heteroatoms. The van der Waals surface area contributed by atoms with Gasteiger partial charge in [-0.1, -0.05) is 0 Å². The molecule has 0 aromatic carbocycles. The van der Waals surface area contributed by atoms with Crippen LogP contribution in [-0.2, 0) is 25.4 Å². The molecular formula is C4H10O5S2. The minimum atomic E-state index is -3.40. The molecule has 0 aliphatic heterocycles. The van der Waals surface area contributed by atoms with Crippen molar-refractivity contribution in [1.29, 1.82) is 0 Å². The molecule has 11 heavy (non-hydrogen) atoms. The topological polar surface area (TPSA) is 80.7 Å². The van der Waals surface area contributed by atoms with Gasteiger partial charge in [0.15, 0.2) is 11.1 Å². The van der Waals surface area contributed by atoms with E-state index in [1.54, 1.807) is 0 Å². The third-order valence-electron chi connectivity index (χ3n) is 0.761. The maximum Gasteiger partial charge on any atom is 0.264 e. The predicted molar refractivity (Wildman–Crippen MR) is 41.1 cm³/mol. The van der Waals surface area contributed by atoms with Gasteiger partial charge in [-0.15, -0.1) is 0 Å². The third-order valence-corrected chi connectivity index (χ3v) is 1.99. The van der Waals surface area contributed by atoms with Crippen LogP contribution in [0.5, 0.6) is 0 Å². The van der Waals surface area contributed by atoms with E-state index in [2.05, 4.69) is 4.18 Å². The van der Waals surface area contributed by atoms with Gasteiger partial charge in [-0.2, -0.15) is 8.42 Å². The van der Waals surface area contributed by atoms with Gasteiger partial charge in [0.1, 0.15) is 0 Å². The second-order valence-corrected chi connectivity index (χ2v) is 4.60. The summed E-state index contributed by atoms with van der Waals surface area (Å²) in [5.41, 5.74) is 0. The summed E-state index contributed by atoms with van der Waals surface area (Å²) in [7, 11) is -3.40. The Labute approximate surface area is 68.2 Å². The Morgan fingerprint density at radius 1 is 1.55 bits per heavy atom. The number of rotatable bonds is 5. The normalized spacial score (nSPS) is 14.7. The summed E-state index contributed by atoms with van der Waals surface area (Å²) in [5, 5.41) is 0. The molecule has 0 amide bonds. The smallest absolute Gasteiger partial charge is 0.264 e. The van der Waals surface area contributed by atoms with Crippen molar-refractivity contribution in [2.45, 2.75) is 6.42 Å². The lowest BCUT2D eigenvalue weighted by Gasteiger charge is -1.97. The van der Waals surface area contributed by atoms with Crippen LogP contribution >= 0.6 is 0 Å². The molecule has 0 rings (SSSR count). The number of hydrogen-bond donors (Lipinski definition) is 1. The van der Waals surface area contributed by atoms with E-state index in [9.17, 15) is 12.6 Å². The van der Waals surface area contributed by atoms with Crippen LogP contribution in [0.2, 0.25) is 0 Å². The van der Waals surface area contributed by atoms with Gasteiger partial charge in [-0.3, -0.25) is 4.18 Å². The fourth-order valence-electron chi connectivity index (χ4n) is 0.393. The van der Waals surface area contributed by atoms with Gasteiger partial charge in [0, 0.05) is 0 Å². The van der Waals surface area contributed by atoms with Crippen LogP contribution in [0.4, 0.5) is 0 Å². The Bertz CT molecular complexity index is 219. The fourth-order valence-corrected chi connectivity index (χ4v) is 1.18. The van der Waals surface area contributed by atoms with E-state index in [0.29, 0.717) is 0 Å². The van der Waals surface area contributed by atoms with Crippen LogP contribution in [0.3, 0.4) is 0 Å². The first-order chi connectivity index (χ1) is 4.92. The monoisotopic (exact) mass is 202 g/mol. The summed E-state index contributed by atoms with van der Waals surface area (Å²) in [6, 6.07) is 0. The highest BCUT2D eigenvalue weighted by Gasteiger charge is 2.01. The van der Waals surface area contributed by atoms with Crippen LogP contribution in [0.1, 0.15) is 6.42 Å². The fraction of sp³-hybridized carbons (Fsp3) is 1.00. The van der Waals surface area contributed by atoms with Crippen LogP contribution in [0.25, 0.3) is 0 Å². The average Bonchev–Trinajstić information content (AvgIpc) is 1.78. The summed E-state index contributed by atoms with van der Waals surface area (Å²) >= 11 is -1.87. The van der Waals surface area contributed by atoms with Crippen LogP contribution in [0.15, 0.2) is 0 Å². The van der Waals surface area contributed by atoms with E-state index < -0.39 is 21.2 Å². The van der Waals surface area contributed by atoms with E-state index >= 15 is 0 Å². The molecule has 0 bridgehead atoms. The minimum absolute atomic E-state index is 0.0366. The van der Waals surface area contributed by atoms with Gasteiger partial charge in [0.25, 0.3) is 10.1 Å². The van der Waals surface area contributed by atoms with E-state index in [-0.39, 0.29) is 18.8 Å². The predicted octanol–water partition coefficient (Wildman–Crippen LogP) is -0.426. The zero-order valence-electron chi connectivity index (χ0n) is 6.02. The van der Waals surface area contributed by atoms with Crippen molar-refractivity contribution in [2.24, 2.45) is 0 Å². The second-order valence-electron chi connectivity index (χ2n) is 1.91. The van der Waals surface area contributed by atoms with Gasteiger partial charge in [-0.05, 0) is 6.42 Å². The molecule has 0 saturated carbocycles. The van der Waals surface area contributed by atoms with Gasteiger partial charge >= 0.3 is 0 Å². The quantitative estimate of drug-likeness (QED) is 0.372. The average molecular weight is 202 g/mol.